The molecular formula is C12H16N2O3. The molecule has 1 rings (SSSR count). The zero-order chi connectivity index (χ0) is 12.8. The van der Waals surface area contributed by atoms with Gasteiger partial charge in [-0.2, -0.15) is 0 Å². The van der Waals surface area contributed by atoms with Crippen molar-refractivity contribution < 1.29 is 14.7 Å². The number of hydrogen-bond donors (Lipinski definition) is 3. The van der Waals surface area contributed by atoms with E-state index >= 15 is 0 Å². The van der Waals surface area contributed by atoms with Gasteiger partial charge in [-0.25, -0.2) is 4.79 Å². The first-order valence-electron chi connectivity index (χ1n) is 5.33. The summed E-state index contributed by atoms with van der Waals surface area (Å²) in [5.74, 6) is -1.30. The summed E-state index contributed by atoms with van der Waals surface area (Å²) >= 11 is 0. The van der Waals surface area contributed by atoms with E-state index in [2.05, 4.69) is 5.32 Å². The number of benzene rings is 1. The molecule has 0 aliphatic rings. The van der Waals surface area contributed by atoms with Crippen LogP contribution in [0.4, 0.5) is 0 Å². The average molecular weight is 236 g/mol. The SMILES string of the molecule is CC(CC(N)=O)NCc1cccc(C(=O)O)c1. The molecule has 0 aromatic heterocycles. The van der Waals surface area contributed by atoms with Gasteiger partial charge in [-0.1, -0.05) is 12.1 Å². The van der Waals surface area contributed by atoms with Gasteiger partial charge in [0.2, 0.25) is 5.91 Å². The van der Waals surface area contributed by atoms with Crippen molar-refractivity contribution in [2.45, 2.75) is 25.9 Å². The van der Waals surface area contributed by atoms with Crippen molar-refractivity contribution in [3.8, 4) is 0 Å². The normalized spacial score (nSPS) is 12.1. The second-order valence-corrected chi connectivity index (χ2v) is 3.96. The number of aromatic carboxylic acids is 1. The number of rotatable bonds is 6. The predicted molar refractivity (Wildman–Crippen MR) is 63.5 cm³/mol. The van der Waals surface area contributed by atoms with Crippen LogP contribution in [0.15, 0.2) is 24.3 Å². The molecule has 1 aromatic carbocycles. The Morgan fingerprint density at radius 2 is 2.18 bits per heavy atom. The Balaban J connectivity index is 2.54. The molecule has 1 unspecified atom stereocenters. The van der Waals surface area contributed by atoms with Gasteiger partial charge in [-0.15, -0.1) is 0 Å². The molecule has 0 saturated heterocycles. The van der Waals surface area contributed by atoms with Gasteiger partial charge in [-0.05, 0) is 24.6 Å². The van der Waals surface area contributed by atoms with Crippen molar-refractivity contribution in [1.82, 2.24) is 5.32 Å². The number of carboxylic acids is 1. The summed E-state index contributed by atoms with van der Waals surface area (Å²) in [6, 6.07) is 6.64. The Bertz CT molecular complexity index is 418. The second-order valence-electron chi connectivity index (χ2n) is 3.96. The first-order chi connectivity index (χ1) is 7.99. The molecule has 5 heteroatoms. The minimum absolute atomic E-state index is 0.0269. The van der Waals surface area contributed by atoms with E-state index in [0.717, 1.165) is 5.56 Å². The van der Waals surface area contributed by atoms with Crippen LogP contribution in [-0.2, 0) is 11.3 Å². The zero-order valence-corrected chi connectivity index (χ0v) is 9.64. The summed E-state index contributed by atoms with van der Waals surface area (Å²) in [6.45, 7) is 2.36. The van der Waals surface area contributed by atoms with Gasteiger partial charge in [0.1, 0.15) is 0 Å². The maximum atomic E-state index is 10.8. The minimum Gasteiger partial charge on any atom is -0.478 e. The van der Waals surface area contributed by atoms with Crippen LogP contribution in [0.25, 0.3) is 0 Å². The van der Waals surface area contributed by atoms with Crippen LogP contribution >= 0.6 is 0 Å². The summed E-state index contributed by atoms with van der Waals surface area (Å²) < 4.78 is 0. The summed E-state index contributed by atoms with van der Waals surface area (Å²) in [7, 11) is 0. The lowest BCUT2D eigenvalue weighted by molar-refractivity contribution is -0.118. The van der Waals surface area contributed by atoms with E-state index in [1.54, 1.807) is 18.2 Å². The number of nitrogens with two attached hydrogens (primary N) is 1. The lowest BCUT2D eigenvalue weighted by Gasteiger charge is -2.12. The predicted octanol–water partition coefficient (Wildman–Crippen LogP) is 0.738. The molecule has 0 bridgehead atoms. The molecule has 1 amide bonds. The molecule has 1 aromatic rings. The smallest absolute Gasteiger partial charge is 0.335 e. The Kier molecular flexibility index (Phi) is 4.66. The van der Waals surface area contributed by atoms with Crippen LogP contribution in [-0.4, -0.2) is 23.0 Å². The van der Waals surface area contributed by atoms with Gasteiger partial charge >= 0.3 is 5.97 Å². The van der Waals surface area contributed by atoms with Crippen LogP contribution < -0.4 is 11.1 Å². The molecule has 17 heavy (non-hydrogen) atoms. The van der Waals surface area contributed by atoms with Crippen molar-refractivity contribution in [2.24, 2.45) is 5.73 Å². The fourth-order valence-corrected chi connectivity index (χ4v) is 1.48. The van der Waals surface area contributed by atoms with Gasteiger partial charge in [0.15, 0.2) is 0 Å². The highest BCUT2D eigenvalue weighted by molar-refractivity contribution is 5.87. The van der Waals surface area contributed by atoms with Gasteiger partial charge in [0.25, 0.3) is 0 Å². The number of carbonyl (C=O) groups excluding carboxylic acids is 1. The Morgan fingerprint density at radius 3 is 2.76 bits per heavy atom. The number of primary amides is 1. The van der Waals surface area contributed by atoms with E-state index in [4.69, 9.17) is 10.8 Å². The molecule has 92 valence electrons. The van der Waals surface area contributed by atoms with E-state index in [0.29, 0.717) is 6.54 Å². The molecule has 0 aliphatic heterocycles. The summed E-state index contributed by atoms with van der Waals surface area (Å²) in [6.07, 6.45) is 0.263. The summed E-state index contributed by atoms with van der Waals surface area (Å²) in [4.78, 5) is 21.4. The number of carboxylic acid groups (broad SMARTS) is 1. The molecule has 5 nitrogen and oxygen atoms in total. The van der Waals surface area contributed by atoms with Crippen molar-refractivity contribution in [1.29, 1.82) is 0 Å². The topological polar surface area (TPSA) is 92.4 Å². The third kappa shape index (κ3) is 4.65. The fraction of sp³-hybridized carbons (Fsp3) is 0.333. The molecule has 0 heterocycles. The van der Waals surface area contributed by atoms with Crippen LogP contribution in [0.5, 0.6) is 0 Å². The van der Waals surface area contributed by atoms with Gasteiger partial charge in [0.05, 0.1) is 5.56 Å². The van der Waals surface area contributed by atoms with Crippen molar-refractivity contribution in [3.63, 3.8) is 0 Å². The third-order valence-electron chi connectivity index (χ3n) is 2.34. The standard InChI is InChI=1S/C12H16N2O3/c1-8(5-11(13)15)14-7-9-3-2-4-10(6-9)12(16)17/h2-4,6,8,14H,5,7H2,1H3,(H2,13,15)(H,16,17). The van der Waals surface area contributed by atoms with E-state index in [1.807, 2.05) is 13.0 Å². The Hall–Kier alpha value is -1.88. The lowest BCUT2D eigenvalue weighted by atomic mass is 10.1. The number of hydrogen-bond acceptors (Lipinski definition) is 3. The van der Waals surface area contributed by atoms with Crippen molar-refractivity contribution in [3.05, 3.63) is 35.4 Å². The first kappa shape index (κ1) is 13.2. The monoisotopic (exact) mass is 236 g/mol. The summed E-state index contributed by atoms with van der Waals surface area (Å²) in [5.41, 5.74) is 6.19. The molecule has 1 atom stereocenters. The second kappa shape index (κ2) is 6.00. The Labute approximate surface area is 99.6 Å². The van der Waals surface area contributed by atoms with E-state index < -0.39 is 5.97 Å². The van der Waals surface area contributed by atoms with E-state index in [-0.39, 0.29) is 23.9 Å². The minimum atomic E-state index is -0.947. The van der Waals surface area contributed by atoms with Gasteiger partial charge in [0, 0.05) is 19.0 Å². The fourth-order valence-electron chi connectivity index (χ4n) is 1.48. The van der Waals surface area contributed by atoms with Crippen molar-refractivity contribution >= 4 is 11.9 Å². The number of amides is 1. The van der Waals surface area contributed by atoms with Gasteiger partial charge < -0.3 is 16.2 Å². The van der Waals surface area contributed by atoms with Crippen LogP contribution in [0.2, 0.25) is 0 Å². The third-order valence-corrected chi connectivity index (χ3v) is 2.34. The van der Waals surface area contributed by atoms with Crippen LogP contribution in [0, 0.1) is 0 Å². The highest BCUT2D eigenvalue weighted by atomic mass is 16.4. The summed E-state index contributed by atoms with van der Waals surface area (Å²) in [5, 5.41) is 11.9. The number of carbonyl (C=O) groups is 2. The first-order valence-corrected chi connectivity index (χ1v) is 5.33. The highest BCUT2D eigenvalue weighted by Gasteiger charge is 2.06. The maximum Gasteiger partial charge on any atom is 0.335 e. The highest BCUT2D eigenvalue weighted by Crippen LogP contribution is 2.05. The average Bonchev–Trinajstić information content (AvgIpc) is 2.26. The number of nitrogens with one attached hydrogen (secondary N) is 1. The molecule has 0 radical (unpaired) electrons. The molecule has 0 spiro atoms. The van der Waals surface area contributed by atoms with Gasteiger partial charge in [-0.3, -0.25) is 4.79 Å². The van der Waals surface area contributed by atoms with Crippen LogP contribution in [0.1, 0.15) is 29.3 Å². The zero-order valence-electron chi connectivity index (χ0n) is 9.64. The van der Waals surface area contributed by atoms with E-state index in [1.165, 1.54) is 0 Å². The maximum absolute atomic E-state index is 10.8. The molecule has 0 saturated carbocycles. The quantitative estimate of drug-likeness (QED) is 0.679. The van der Waals surface area contributed by atoms with E-state index in [9.17, 15) is 9.59 Å². The van der Waals surface area contributed by atoms with Crippen LogP contribution in [0.3, 0.4) is 0 Å². The lowest BCUT2D eigenvalue weighted by Crippen LogP contribution is -2.30. The van der Waals surface area contributed by atoms with Crippen molar-refractivity contribution in [2.75, 3.05) is 0 Å². The Morgan fingerprint density at radius 1 is 1.47 bits per heavy atom. The molecular weight excluding hydrogens is 220 g/mol. The molecule has 0 fully saturated rings. The molecule has 4 N–H and O–H groups in total. The molecule has 0 aliphatic carbocycles. The largest absolute Gasteiger partial charge is 0.478 e.